The van der Waals surface area contributed by atoms with Gasteiger partial charge in [-0.2, -0.15) is 0 Å². The van der Waals surface area contributed by atoms with Crippen molar-refractivity contribution in [1.82, 2.24) is 0 Å². The van der Waals surface area contributed by atoms with Gasteiger partial charge in [0.25, 0.3) is 0 Å². The lowest BCUT2D eigenvalue weighted by atomic mass is 9.93. The van der Waals surface area contributed by atoms with Crippen molar-refractivity contribution in [2.45, 2.75) is 63.1 Å². The van der Waals surface area contributed by atoms with Gasteiger partial charge in [0.05, 0.1) is 8.07 Å². The molecule has 1 fully saturated rings. The van der Waals surface area contributed by atoms with E-state index in [9.17, 15) is 17.6 Å². The maximum Gasteiger partial charge on any atom is 0.573 e. The van der Waals surface area contributed by atoms with Crippen molar-refractivity contribution in [1.29, 1.82) is 0 Å². The van der Waals surface area contributed by atoms with Gasteiger partial charge in [0.2, 0.25) is 0 Å². The smallest absolute Gasteiger partial charge is 0.403 e. The van der Waals surface area contributed by atoms with Crippen LogP contribution in [0.1, 0.15) is 37.7 Å². The standard InChI is InChI=1S/C18H24F4OSi/c1-3-4-5-10-24(2)11-8-14(9-12-24)15-6-7-17(16(19)13-15)23-18(20,21)22/h3-4,6-7,13-14H,5,8-12H2,1-2H3/b4-3+. The third-order valence-electron chi connectivity index (χ3n) is 5.00. The van der Waals surface area contributed by atoms with Crippen molar-refractivity contribution in [3.05, 3.63) is 41.7 Å². The lowest BCUT2D eigenvalue weighted by molar-refractivity contribution is -0.275. The fraction of sp³-hybridized carbons (Fsp3) is 0.556. The topological polar surface area (TPSA) is 9.23 Å². The van der Waals surface area contributed by atoms with Crippen molar-refractivity contribution >= 4 is 8.07 Å². The predicted octanol–water partition coefficient (Wildman–Crippen LogP) is 6.65. The summed E-state index contributed by atoms with van der Waals surface area (Å²) in [4.78, 5) is 0. The molecular weight excluding hydrogens is 336 g/mol. The van der Waals surface area contributed by atoms with Gasteiger partial charge in [0, 0.05) is 0 Å². The summed E-state index contributed by atoms with van der Waals surface area (Å²) in [5.41, 5.74) is 0.784. The van der Waals surface area contributed by atoms with Gasteiger partial charge in [-0.1, -0.05) is 42.9 Å². The van der Waals surface area contributed by atoms with Crippen LogP contribution in [0.25, 0.3) is 0 Å². The molecule has 24 heavy (non-hydrogen) atoms. The van der Waals surface area contributed by atoms with Crippen LogP contribution >= 0.6 is 0 Å². The van der Waals surface area contributed by atoms with E-state index in [0.717, 1.165) is 30.9 Å². The maximum absolute atomic E-state index is 13.9. The van der Waals surface area contributed by atoms with Gasteiger partial charge in [-0.15, -0.1) is 13.2 Å². The van der Waals surface area contributed by atoms with Gasteiger partial charge in [-0.3, -0.25) is 0 Å². The second-order valence-corrected chi connectivity index (χ2v) is 12.1. The number of ether oxygens (including phenoxy) is 1. The van der Waals surface area contributed by atoms with Gasteiger partial charge in [-0.05, 0) is 49.8 Å². The van der Waals surface area contributed by atoms with E-state index in [1.807, 2.05) is 6.92 Å². The number of hydrogen-bond donors (Lipinski definition) is 0. The quantitative estimate of drug-likeness (QED) is 0.325. The SMILES string of the molecule is C/C=C/CC[Si]1(C)CCC(c2ccc(OC(F)(F)F)c(F)c2)CC1. The van der Waals surface area contributed by atoms with Crippen LogP contribution in [0.2, 0.25) is 24.7 Å². The van der Waals surface area contributed by atoms with E-state index in [2.05, 4.69) is 23.4 Å². The number of alkyl halides is 3. The van der Waals surface area contributed by atoms with Crippen molar-refractivity contribution < 1.29 is 22.3 Å². The van der Waals surface area contributed by atoms with E-state index in [1.54, 1.807) is 6.07 Å². The average molecular weight is 360 g/mol. The van der Waals surface area contributed by atoms with E-state index in [1.165, 1.54) is 24.2 Å². The molecule has 0 unspecified atom stereocenters. The molecule has 1 aliphatic heterocycles. The molecule has 2 rings (SSSR count). The van der Waals surface area contributed by atoms with Gasteiger partial charge in [0.1, 0.15) is 0 Å². The van der Waals surface area contributed by atoms with Crippen molar-refractivity contribution in [2.75, 3.05) is 0 Å². The van der Waals surface area contributed by atoms with Gasteiger partial charge < -0.3 is 4.74 Å². The van der Waals surface area contributed by atoms with E-state index < -0.39 is 26.0 Å². The zero-order valence-corrected chi connectivity index (χ0v) is 15.1. The molecule has 6 heteroatoms. The molecule has 0 amide bonds. The summed E-state index contributed by atoms with van der Waals surface area (Å²) in [6.07, 6.45) is 2.54. The number of hydrogen-bond acceptors (Lipinski definition) is 1. The number of benzene rings is 1. The Hall–Kier alpha value is -1.30. The van der Waals surface area contributed by atoms with Crippen LogP contribution in [-0.2, 0) is 0 Å². The average Bonchev–Trinajstić information content (AvgIpc) is 2.49. The first kappa shape index (κ1) is 19.0. The van der Waals surface area contributed by atoms with Crippen LogP contribution < -0.4 is 4.74 Å². The molecule has 0 bridgehead atoms. The summed E-state index contributed by atoms with van der Waals surface area (Å²) in [6.45, 7) is 4.45. The van der Waals surface area contributed by atoms with Crippen LogP contribution in [0.4, 0.5) is 17.6 Å². The number of rotatable bonds is 5. The Balaban J connectivity index is 1.98. The minimum Gasteiger partial charge on any atom is -0.403 e. The van der Waals surface area contributed by atoms with E-state index in [0.29, 0.717) is 0 Å². The predicted molar refractivity (Wildman–Crippen MR) is 90.5 cm³/mol. The highest BCUT2D eigenvalue weighted by atomic mass is 28.3. The summed E-state index contributed by atoms with van der Waals surface area (Å²) < 4.78 is 54.2. The molecule has 1 aliphatic rings. The largest absolute Gasteiger partial charge is 0.573 e. The fourth-order valence-corrected chi connectivity index (χ4v) is 7.18. The van der Waals surface area contributed by atoms with E-state index >= 15 is 0 Å². The Labute approximate surface area is 141 Å². The highest BCUT2D eigenvalue weighted by Crippen LogP contribution is 2.41. The maximum atomic E-state index is 13.9. The second-order valence-electron chi connectivity index (χ2n) is 6.93. The zero-order valence-electron chi connectivity index (χ0n) is 14.1. The van der Waals surface area contributed by atoms with Crippen molar-refractivity contribution in [3.63, 3.8) is 0 Å². The Morgan fingerprint density at radius 1 is 1.25 bits per heavy atom. The molecule has 1 aromatic carbocycles. The molecule has 1 nitrogen and oxygen atoms in total. The Morgan fingerprint density at radius 2 is 1.92 bits per heavy atom. The van der Waals surface area contributed by atoms with E-state index in [-0.39, 0.29) is 5.92 Å². The summed E-state index contributed by atoms with van der Waals surface area (Å²) in [5, 5.41) is 0. The van der Waals surface area contributed by atoms with Crippen molar-refractivity contribution in [3.8, 4) is 5.75 Å². The van der Waals surface area contributed by atoms with Crippen LogP contribution in [-0.4, -0.2) is 14.4 Å². The lowest BCUT2D eigenvalue weighted by Crippen LogP contribution is -2.34. The van der Waals surface area contributed by atoms with Crippen LogP contribution in [0.5, 0.6) is 5.75 Å². The minimum absolute atomic E-state index is 0.238. The number of allylic oxidation sites excluding steroid dienone is 2. The van der Waals surface area contributed by atoms with Gasteiger partial charge >= 0.3 is 6.36 Å². The Bertz CT molecular complexity index is 575. The monoisotopic (exact) mass is 360 g/mol. The van der Waals surface area contributed by atoms with Gasteiger partial charge in [-0.25, -0.2) is 4.39 Å². The Morgan fingerprint density at radius 3 is 2.46 bits per heavy atom. The first-order valence-corrected chi connectivity index (χ1v) is 11.5. The normalized spacial score (nSPS) is 25.2. The fourth-order valence-electron chi connectivity index (χ4n) is 3.47. The molecule has 0 radical (unpaired) electrons. The Kier molecular flexibility index (Phi) is 6.12. The van der Waals surface area contributed by atoms with Crippen molar-refractivity contribution in [2.24, 2.45) is 0 Å². The van der Waals surface area contributed by atoms with E-state index in [4.69, 9.17) is 0 Å². The van der Waals surface area contributed by atoms with Crippen LogP contribution in [0, 0.1) is 5.82 Å². The summed E-state index contributed by atoms with van der Waals surface area (Å²) in [7, 11) is -1.22. The first-order valence-electron chi connectivity index (χ1n) is 8.39. The molecule has 0 saturated carbocycles. The zero-order chi connectivity index (χ0) is 17.8. The third-order valence-corrected chi connectivity index (χ3v) is 9.48. The first-order chi connectivity index (χ1) is 11.2. The molecule has 0 atom stereocenters. The molecule has 0 aromatic heterocycles. The highest BCUT2D eigenvalue weighted by molar-refractivity contribution is 6.78. The molecule has 0 spiro atoms. The highest BCUT2D eigenvalue weighted by Gasteiger charge is 2.34. The summed E-state index contributed by atoms with van der Waals surface area (Å²) >= 11 is 0. The van der Waals surface area contributed by atoms with Gasteiger partial charge in [0.15, 0.2) is 11.6 Å². The summed E-state index contributed by atoms with van der Waals surface area (Å²) in [5.74, 6) is -1.46. The number of halogens is 4. The van der Waals surface area contributed by atoms with Crippen LogP contribution in [0.15, 0.2) is 30.4 Å². The second kappa shape index (κ2) is 7.72. The third kappa shape index (κ3) is 5.36. The molecule has 1 aromatic rings. The summed E-state index contributed by atoms with van der Waals surface area (Å²) in [6, 6.07) is 7.52. The molecule has 1 heterocycles. The molecule has 134 valence electrons. The molecule has 0 aliphatic carbocycles. The lowest BCUT2D eigenvalue weighted by Gasteiger charge is -2.36. The minimum atomic E-state index is -4.87. The molecular formula is C18H24F4OSi. The van der Waals surface area contributed by atoms with Crippen LogP contribution in [0.3, 0.4) is 0 Å². The molecule has 1 saturated heterocycles. The molecule has 0 N–H and O–H groups in total.